The molecule has 0 unspecified atom stereocenters. The maximum absolute atomic E-state index is 5.96. The van der Waals surface area contributed by atoms with Crippen LogP contribution in [0.25, 0.3) is 0 Å². The fraction of sp³-hybridized carbons (Fsp3) is 0.0667. The van der Waals surface area contributed by atoms with E-state index < -0.39 is 0 Å². The van der Waals surface area contributed by atoms with Crippen LogP contribution in [-0.2, 0) is 0 Å². The first kappa shape index (κ1) is 14.5. The maximum Gasteiger partial charge on any atom is 0.138 e. The molecule has 3 N–H and O–H groups in total. The summed E-state index contributed by atoms with van der Waals surface area (Å²) in [5, 5.41) is 0.705. The molecule has 1 aliphatic heterocycles. The zero-order valence-electron chi connectivity index (χ0n) is 11.0. The average Bonchev–Trinajstić information content (AvgIpc) is 2.67. The number of fused-ring (bicyclic) bond motifs is 1. The van der Waals surface area contributed by atoms with Crippen LogP contribution in [-0.4, -0.2) is 18.1 Å². The summed E-state index contributed by atoms with van der Waals surface area (Å²) in [6.45, 7) is 0.416. The Balaban J connectivity index is 2.17. The van der Waals surface area contributed by atoms with Gasteiger partial charge in [0, 0.05) is 19.7 Å². The number of nitrogens with zero attached hydrogens (tertiary/aromatic N) is 2. The van der Waals surface area contributed by atoms with Crippen LogP contribution in [0.3, 0.4) is 0 Å². The molecule has 0 aliphatic carbocycles. The third-order valence-corrected chi connectivity index (χ3v) is 4.06. The summed E-state index contributed by atoms with van der Waals surface area (Å²) in [5.41, 5.74) is 6.36. The van der Waals surface area contributed by atoms with Crippen LogP contribution < -0.4 is 11.3 Å². The molecule has 2 aromatic carbocycles. The van der Waals surface area contributed by atoms with Gasteiger partial charge in [-0.15, -0.1) is 0 Å². The lowest BCUT2D eigenvalue weighted by atomic mass is 10.0. The summed E-state index contributed by atoms with van der Waals surface area (Å²) < 4.78 is 1.13. The predicted molar refractivity (Wildman–Crippen MR) is 95.5 cm³/mol. The first-order valence-electron chi connectivity index (χ1n) is 6.32. The quantitative estimate of drug-likeness (QED) is 0.430. The lowest BCUT2D eigenvalue weighted by molar-refractivity contribution is 0.992. The molecule has 4 nitrogen and oxygen atoms in total. The monoisotopic (exact) mass is 410 g/mol. The number of nitrogens with one attached hydrogen (secondary N) is 1. The molecule has 1 heterocycles. The van der Waals surface area contributed by atoms with Gasteiger partial charge in [0.05, 0.1) is 17.9 Å². The first-order chi connectivity index (χ1) is 10.2. The van der Waals surface area contributed by atoms with Gasteiger partial charge in [0.2, 0.25) is 0 Å². The summed E-state index contributed by atoms with van der Waals surface area (Å²) in [6.07, 6.45) is 0. The number of aliphatic imine (C=N–C) groups is 2. The summed E-state index contributed by atoms with van der Waals surface area (Å²) in [4.78, 5) is 9.18. The van der Waals surface area contributed by atoms with Crippen molar-refractivity contribution in [3.63, 3.8) is 0 Å². The van der Waals surface area contributed by atoms with E-state index in [0.717, 1.165) is 26.1 Å². The van der Waals surface area contributed by atoms with Gasteiger partial charge in [-0.1, -0.05) is 23.7 Å². The third-order valence-electron chi connectivity index (χ3n) is 3.14. The molecule has 0 fully saturated rings. The summed E-state index contributed by atoms with van der Waals surface area (Å²) in [6, 6.07) is 13.7. The van der Waals surface area contributed by atoms with Gasteiger partial charge in [-0.25, -0.2) is 10.8 Å². The Bertz CT molecular complexity index is 738. The SMILES string of the molecule is NNC1=Nc2ccc(I)cc2C(c2ccc(Cl)cc2)=NC1. The highest BCUT2D eigenvalue weighted by Gasteiger charge is 2.16. The van der Waals surface area contributed by atoms with Crippen LogP contribution in [0.4, 0.5) is 5.69 Å². The van der Waals surface area contributed by atoms with Gasteiger partial charge in [0.1, 0.15) is 5.84 Å². The maximum atomic E-state index is 5.96. The Morgan fingerprint density at radius 1 is 1.14 bits per heavy atom. The Labute approximate surface area is 141 Å². The zero-order chi connectivity index (χ0) is 14.8. The fourth-order valence-electron chi connectivity index (χ4n) is 2.15. The van der Waals surface area contributed by atoms with Gasteiger partial charge in [0.15, 0.2) is 0 Å². The predicted octanol–water partition coefficient (Wildman–Crippen LogP) is 3.29. The minimum atomic E-state index is 0.416. The Hall–Kier alpha value is -1.44. The molecule has 21 heavy (non-hydrogen) atoms. The molecule has 0 amide bonds. The van der Waals surface area contributed by atoms with E-state index in [1.807, 2.05) is 36.4 Å². The highest BCUT2D eigenvalue weighted by Crippen LogP contribution is 2.27. The van der Waals surface area contributed by atoms with Crippen LogP contribution in [0.15, 0.2) is 52.4 Å². The fourth-order valence-corrected chi connectivity index (χ4v) is 2.76. The van der Waals surface area contributed by atoms with Crippen molar-refractivity contribution in [2.24, 2.45) is 15.8 Å². The van der Waals surface area contributed by atoms with Gasteiger partial charge >= 0.3 is 0 Å². The lowest BCUT2D eigenvalue weighted by Crippen LogP contribution is -2.32. The van der Waals surface area contributed by atoms with Crippen molar-refractivity contribution in [2.75, 3.05) is 6.54 Å². The van der Waals surface area contributed by atoms with E-state index in [1.165, 1.54) is 0 Å². The highest BCUT2D eigenvalue weighted by atomic mass is 127. The first-order valence-corrected chi connectivity index (χ1v) is 7.77. The van der Waals surface area contributed by atoms with E-state index in [0.29, 0.717) is 17.4 Å². The number of benzene rings is 2. The molecule has 0 bridgehead atoms. The second kappa shape index (κ2) is 6.13. The number of nitrogens with two attached hydrogens (primary N) is 1. The van der Waals surface area contributed by atoms with Crippen LogP contribution in [0.1, 0.15) is 11.1 Å². The number of hydrazine groups is 1. The topological polar surface area (TPSA) is 62.8 Å². The van der Waals surface area contributed by atoms with E-state index in [1.54, 1.807) is 0 Å². The van der Waals surface area contributed by atoms with E-state index in [4.69, 9.17) is 17.4 Å². The van der Waals surface area contributed by atoms with Gasteiger partial charge < -0.3 is 5.43 Å². The van der Waals surface area contributed by atoms with Gasteiger partial charge in [0.25, 0.3) is 0 Å². The average molecular weight is 411 g/mol. The summed E-state index contributed by atoms with van der Waals surface area (Å²) in [5.74, 6) is 6.13. The molecule has 0 atom stereocenters. The second-order valence-corrected chi connectivity index (χ2v) is 6.22. The minimum absolute atomic E-state index is 0.416. The molecular weight excluding hydrogens is 399 g/mol. The third kappa shape index (κ3) is 3.09. The van der Waals surface area contributed by atoms with Crippen molar-refractivity contribution < 1.29 is 0 Å². The van der Waals surface area contributed by atoms with Crippen molar-refractivity contribution in [2.45, 2.75) is 0 Å². The van der Waals surface area contributed by atoms with Crippen molar-refractivity contribution in [3.8, 4) is 0 Å². The van der Waals surface area contributed by atoms with Crippen molar-refractivity contribution in [3.05, 3.63) is 62.2 Å². The lowest BCUT2D eigenvalue weighted by Gasteiger charge is -2.09. The largest absolute Gasteiger partial charge is 0.310 e. The number of hydrogen-bond acceptors (Lipinski definition) is 4. The normalized spacial score (nSPS) is 13.9. The molecule has 0 radical (unpaired) electrons. The van der Waals surface area contributed by atoms with Gasteiger partial charge in [-0.2, -0.15) is 0 Å². The van der Waals surface area contributed by atoms with E-state index in [9.17, 15) is 0 Å². The number of amidine groups is 1. The van der Waals surface area contributed by atoms with Crippen molar-refractivity contribution in [1.82, 2.24) is 5.43 Å². The minimum Gasteiger partial charge on any atom is -0.310 e. The van der Waals surface area contributed by atoms with Crippen LogP contribution in [0.5, 0.6) is 0 Å². The molecule has 0 saturated heterocycles. The second-order valence-electron chi connectivity index (χ2n) is 4.54. The molecule has 106 valence electrons. The van der Waals surface area contributed by atoms with E-state index in [-0.39, 0.29) is 0 Å². The van der Waals surface area contributed by atoms with Crippen LogP contribution in [0.2, 0.25) is 5.02 Å². The Kier molecular flexibility index (Phi) is 4.23. The molecular formula is C15H12ClIN4. The van der Waals surface area contributed by atoms with Gasteiger partial charge in [-0.3, -0.25) is 4.99 Å². The molecule has 2 aromatic rings. The molecule has 0 saturated carbocycles. The summed E-state index contributed by atoms with van der Waals surface area (Å²) >= 11 is 8.25. The van der Waals surface area contributed by atoms with Crippen LogP contribution >= 0.6 is 34.2 Å². The molecule has 1 aliphatic rings. The molecule has 0 spiro atoms. The van der Waals surface area contributed by atoms with Crippen LogP contribution in [0, 0.1) is 3.57 Å². The van der Waals surface area contributed by atoms with Crippen molar-refractivity contribution >= 4 is 51.4 Å². The number of halogens is 2. The smallest absolute Gasteiger partial charge is 0.138 e. The Morgan fingerprint density at radius 2 is 1.90 bits per heavy atom. The van der Waals surface area contributed by atoms with Crippen molar-refractivity contribution in [1.29, 1.82) is 0 Å². The molecule has 6 heteroatoms. The molecule has 0 aromatic heterocycles. The number of hydrogen-bond donors (Lipinski definition) is 2. The summed E-state index contributed by atoms with van der Waals surface area (Å²) in [7, 11) is 0. The van der Waals surface area contributed by atoms with Gasteiger partial charge in [-0.05, 0) is 52.9 Å². The molecule has 3 rings (SSSR count). The standard InChI is InChI=1S/C15H12ClIN4/c16-10-3-1-9(2-4-10)15-12-7-11(17)5-6-13(12)20-14(21-18)8-19-15/h1-7H,8,18H2,(H,20,21). The van der Waals surface area contributed by atoms with E-state index >= 15 is 0 Å². The highest BCUT2D eigenvalue weighted by molar-refractivity contribution is 14.1. The zero-order valence-corrected chi connectivity index (χ0v) is 13.9. The van der Waals surface area contributed by atoms with E-state index in [2.05, 4.69) is 44.1 Å². The number of rotatable bonds is 1. The Morgan fingerprint density at radius 3 is 2.62 bits per heavy atom.